The maximum atomic E-state index is 5.42. The minimum Gasteiger partial charge on any atom is -0.497 e. The molecule has 0 bridgehead atoms. The Morgan fingerprint density at radius 2 is 1.79 bits per heavy atom. The van der Waals surface area contributed by atoms with Crippen molar-refractivity contribution in [3.05, 3.63) is 60.4 Å². The molecule has 0 aliphatic heterocycles. The number of thioether (sulfide) groups is 1. The molecule has 1 heterocycles. The van der Waals surface area contributed by atoms with Crippen LogP contribution in [0.25, 0.3) is 5.69 Å². The first-order valence-electron chi connectivity index (χ1n) is 7.61. The van der Waals surface area contributed by atoms with Crippen LogP contribution in [0.3, 0.4) is 0 Å². The van der Waals surface area contributed by atoms with Gasteiger partial charge in [-0.1, -0.05) is 36.0 Å². The van der Waals surface area contributed by atoms with Gasteiger partial charge in [0.1, 0.15) is 17.8 Å². The number of rotatable bonds is 7. The van der Waals surface area contributed by atoms with Crippen LogP contribution in [0.4, 0.5) is 0 Å². The number of aromatic nitrogens is 3. The molecule has 0 atom stereocenters. The second kappa shape index (κ2) is 7.88. The van der Waals surface area contributed by atoms with Gasteiger partial charge in [-0.15, -0.1) is 10.2 Å². The van der Waals surface area contributed by atoms with Gasteiger partial charge in [-0.2, -0.15) is 0 Å². The van der Waals surface area contributed by atoms with Crippen LogP contribution >= 0.6 is 11.8 Å². The van der Waals surface area contributed by atoms with E-state index in [2.05, 4.69) is 22.3 Å². The molecule has 124 valence electrons. The van der Waals surface area contributed by atoms with E-state index < -0.39 is 0 Å². The maximum Gasteiger partial charge on any atom is 0.195 e. The summed E-state index contributed by atoms with van der Waals surface area (Å²) in [6, 6.07) is 16.0. The molecule has 3 rings (SSSR count). The van der Waals surface area contributed by atoms with Gasteiger partial charge in [0.2, 0.25) is 0 Å². The highest BCUT2D eigenvalue weighted by molar-refractivity contribution is 7.99. The lowest BCUT2D eigenvalue weighted by Crippen LogP contribution is -1.99. The number of nitrogens with zero attached hydrogens (tertiary/aromatic N) is 3. The van der Waals surface area contributed by atoms with Gasteiger partial charge < -0.3 is 9.47 Å². The van der Waals surface area contributed by atoms with E-state index in [-0.39, 0.29) is 0 Å². The van der Waals surface area contributed by atoms with E-state index in [4.69, 9.17) is 9.47 Å². The minimum atomic E-state index is 0.800. The molecule has 0 N–H and O–H groups in total. The monoisotopic (exact) mass is 341 g/mol. The van der Waals surface area contributed by atoms with Gasteiger partial charge in [0.25, 0.3) is 0 Å². The molecule has 0 amide bonds. The Hall–Kier alpha value is -2.47. The van der Waals surface area contributed by atoms with Crippen LogP contribution in [0.5, 0.6) is 11.5 Å². The second-order valence-corrected chi connectivity index (χ2v) is 6.16. The number of methoxy groups -OCH3 is 2. The summed E-state index contributed by atoms with van der Waals surface area (Å²) in [7, 11) is 3.34. The summed E-state index contributed by atoms with van der Waals surface area (Å²) >= 11 is 1.68. The van der Waals surface area contributed by atoms with Gasteiger partial charge >= 0.3 is 0 Å². The summed E-state index contributed by atoms with van der Waals surface area (Å²) in [6.45, 7) is 0. The SMILES string of the molecule is COc1ccc(CCSc2nncn2-c2ccccc2OC)cc1. The second-order valence-electron chi connectivity index (χ2n) is 5.10. The van der Waals surface area contributed by atoms with Crippen LogP contribution in [0, 0.1) is 0 Å². The third-order valence-electron chi connectivity index (χ3n) is 3.64. The van der Waals surface area contributed by atoms with Crippen molar-refractivity contribution in [1.82, 2.24) is 14.8 Å². The van der Waals surface area contributed by atoms with Gasteiger partial charge in [0.05, 0.1) is 19.9 Å². The standard InChI is InChI=1S/C18H19N3O2S/c1-22-15-9-7-14(8-10-15)11-12-24-18-20-19-13-21(18)16-5-3-4-6-17(16)23-2/h3-10,13H,11-12H2,1-2H3. The summed E-state index contributed by atoms with van der Waals surface area (Å²) in [5, 5.41) is 9.12. The van der Waals surface area contributed by atoms with Crippen molar-refractivity contribution in [2.45, 2.75) is 11.6 Å². The largest absolute Gasteiger partial charge is 0.497 e. The lowest BCUT2D eigenvalue weighted by Gasteiger charge is -2.10. The molecule has 0 saturated carbocycles. The topological polar surface area (TPSA) is 49.2 Å². The summed E-state index contributed by atoms with van der Waals surface area (Å²) in [6.07, 6.45) is 2.67. The van der Waals surface area contributed by atoms with Crippen molar-refractivity contribution >= 4 is 11.8 Å². The highest BCUT2D eigenvalue weighted by Crippen LogP contribution is 2.27. The van der Waals surface area contributed by atoms with Crippen molar-refractivity contribution in [1.29, 1.82) is 0 Å². The number of ether oxygens (including phenoxy) is 2. The summed E-state index contributed by atoms with van der Waals surface area (Å²) in [4.78, 5) is 0. The van der Waals surface area contributed by atoms with Crippen LogP contribution in [-0.4, -0.2) is 34.7 Å². The lowest BCUT2D eigenvalue weighted by molar-refractivity contribution is 0.412. The Labute approximate surface area is 145 Å². The first kappa shape index (κ1) is 16.4. The maximum absolute atomic E-state index is 5.42. The van der Waals surface area contributed by atoms with E-state index in [9.17, 15) is 0 Å². The molecule has 0 aliphatic rings. The fraction of sp³-hybridized carbons (Fsp3) is 0.222. The van der Waals surface area contributed by atoms with Gasteiger partial charge in [-0.05, 0) is 36.2 Å². The smallest absolute Gasteiger partial charge is 0.195 e. The van der Waals surface area contributed by atoms with Crippen LogP contribution in [0.15, 0.2) is 60.0 Å². The van der Waals surface area contributed by atoms with Gasteiger partial charge in [-0.25, -0.2) is 0 Å². The average Bonchev–Trinajstić information content (AvgIpc) is 3.10. The first-order valence-corrected chi connectivity index (χ1v) is 8.59. The molecule has 0 aliphatic carbocycles. The molecule has 2 aromatic carbocycles. The molecular formula is C18H19N3O2S. The van der Waals surface area contributed by atoms with Gasteiger partial charge in [0.15, 0.2) is 5.16 Å². The van der Waals surface area contributed by atoms with Crippen molar-refractivity contribution in [2.24, 2.45) is 0 Å². The minimum absolute atomic E-state index is 0.800. The van der Waals surface area contributed by atoms with Gasteiger partial charge in [-0.3, -0.25) is 4.57 Å². The number of hydrogen-bond acceptors (Lipinski definition) is 5. The van der Waals surface area contributed by atoms with E-state index in [1.165, 1.54) is 5.56 Å². The predicted molar refractivity (Wildman–Crippen MR) is 95.3 cm³/mol. The molecule has 24 heavy (non-hydrogen) atoms. The quantitative estimate of drug-likeness (QED) is 0.614. The first-order chi connectivity index (χ1) is 11.8. The lowest BCUT2D eigenvalue weighted by atomic mass is 10.2. The van der Waals surface area contributed by atoms with Crippen LogP contribution in [0.1, 0.15) is 5.56 Å². The van der Waals surface area contributed by atoms with E-state index in [1.54, 1.807) is 32.3 Å². The van der Waals surface area contributed by atoms with E-state index >= 15 is 0 Å². The molecule has 0 fully saturated rings. The van der Waals surface area contributed by atoms with E-state index in [0.29, 0.717) is 0 Å². The zero-order valence-corrected chi connectivity index (χ0v) is 14.5. The van der Waals surface area contributed by atoms with E-state index in [0.717, 1.165) is 34.5 Å². The molecule has 1 aromatic heterocycles. The Balaban J connectivity index is 1.67. The third-order valence-corrected chi connectivity index (χ3v) is 4.59. The normalized spacial score (nSPS) is 10.6. The number of hydrogen-bond donors (Lipinski definition) is 0. The molecular weight excluding hydrogens is 322 g/mol. The van der Waals surface area contributed by atoms with Crippen molar-refractivity contribution in [3.63, 3.8) is 0 Å². The molecule has 0 radical (unpaired) electrons. The molecule has 0 unspecified atom stereocenters. The number of benzene rings is 2. The van der Waals surface area contributed by atoms with Crippen LogP contribution in [-0.2, 0) is 6.42 Å². The zero-order valence-electron chi connectivity index (χ0n) is 13.7. The fourth-order valence-corrected chi connectivity index (χ4v) is 3.28. The van der Waals surface area contributed by atoms with Crippen molar-refractivity contribution in [2.75, 3.05) is 20.0 Å². The Kier molecular flexibility index (Phi) is 5.38. The fourth-order valence-electron chi connectivity index (χ4n) is 2.37. The van der Waals surface area contributed by atoms with Gasteiger partial charge in [0, 0.05) is 5.75 Å². The van der Waals surface area contributed by atoms with E-state index in [1.807, 2.05) is 41.0 Å². The molecule has 3 aromatic rings. The number of para-hydroxylation sites is 2. The summed E-state index contributed by atoms with van der Waals surface area (Å²) in [5.74, 6) is 2.59. The van der Waals surface area contributed by atoms with Crippen molar-refractivity contribution in [3.8, 4) is 17.2 Å². The van der Waals surface area contributed by atoms with Crippen molar-refractivity contribution < 1.29 is 9.47 Å². The average molecular weight is 341 g/mol. The Morgan fingerprint density at radius 1 is 1.00 bits per heavy atom. The third kappa shape index (κ3) is 3.71. The zero-order chi connectivity index (χ0) is 16.8. The number of aryl methyl sites for hydroxylation is 1. The highest BCUT2D eigenvalue weighted by atomic mass is 32.2. The summed E-state index contributed by atoms with van der Waals surface area (Å²) in [5.41, 5.74) is 2.21. The molecule has 0 saturated heterocycles. The van der Waals surface area contributed by atoms with Crippen LogP contribution < -0.4 is 9.47 Å². The highest BCUT2D eigenvalue weighted by Gasteiger charge is 2.11. The predicted octanol–water partition coefficient (Wildman–Crippen LogP) is 3.62. The molecule has 0 spiro atoms. The summed E-state index contributed by atoms with van der Waals surface area (Å²) < 4.78 is 12.6. The van der Waals surface area contributed by atoms with Crippen LogP contribution in [0.2, 0.25) is 0 Å². The Bertz CT molecular complexity index is 787. The molecule has 5 nitrogen and oxygen atoms in total. The Morgan fingerprint density at radius 3 is 2.54 bits per heavy atom. The molecule has 6 heteroatoms.